The highest BCUT2D eigenvalue weighted by atomic mass is 32.2. The zero-order chi connectivity index (χ0) is 17.4. The molecule has 0 saturated carbocycles. The number of benzene rings is 2. The van der Waals surface area contributed by atoms with Crippen molar-refractivity contribution in [1.29, 1.82) is 0 Å². The summed E-state index contributed by atoms with van der Waals surface area (Å²) in [5.41, 5.74) is 9.28. The lowest BCUT2D eigenvalue weighted by Gasteiger charge is -2.08. The van der Waals surface area contributed by atoms with Crippen LogP contribution in [0.15, 0.2) is 63.6 Å². The lowest BCUT2D eigenvalue weighted by atomic mass is 10.1. The van der Waals surface area contributed by atoms with Gasteiger partial charge in [0.2, 0.25) is 0 Å². The Morgan fingerprint density at radius 3 is 2.64 bits per heavy atom. The highest BCUT2D eigenvalue weighted by Crippen LogP contribution is 2.29. The van der Waals surface area contributed by atoms with E-state index >= 15 is 0 Å². The Morgan fingerprint density at radius 1 is 1.12 bits per heavy atom. The van der Waals surface area contributed by atoms with Gasteiger partial charge in [-0.05, 0) is 53.6 Å². The summed E-state index contributed by atoms with van der Waals surface area (Å²) in [6.45, 7) is 0.340. The zero-order valence-electron chi connectivity index (χ0n) is 13.0. The Labute approximate surface area is 144 Å². The van der Waals surface area contributed by atoms with E-state index in [1.165, 1.54) is 11.7 Å². The average molecular weight is 354 g/mol. The van der Waals surface area contributed by atoms with Crippen molar-refractivity contribution < 1.29 is 17.7 Å². The first-order valence-corrected chi connectivity index (χ1v) is 9.07. The summed E-state index contributed by atoms with van der Waals surface area (Å²) in [5, 5.41) is 5.08. The van der Waals surface area contributed by atoms with Gasteiger partial charge in [-0.3, -0.25) is 0 Å². The van der Waals surface area contributed by atoms with Crippen LogP contribution in [0.5, 0.6) is 5.75 Å². The summed E-state index contributed by atoms with van der Waals surface area (Å²) in [7, 11) is -3.26. The van der Waals surface area contributed by atoms with E-state index in [1.54, 1.807) is 18.2 Å². The van der Waals surface area contributed by atoms with Crippen LogP contribution in [0.2, 0.25) is 0 Å². The number of nitrogen functional groups attached to an aromatic ring is 1. The standard InChI is InChI=1S/C18H14N2O4S/c19-16-11-24-20-18(16)13-2-4-15(5-3-13)23-10-12-1-6-17-14(9-12)7-8-25(17,21)22/h1-9,11H,10,19H2. The molecule has 3 aromatic rings. The molecular formula is C18H14N2O4S. The summed E-state index contributed by atoms with van der Waals surface area (Å²) < 4.78 is 34.1. The maximum atomic E-state index is 11.8. The van der Waals surface area contributed by atoms with Crippen LogP contribution >= 0.6 is 0 Å². The first-order chi connectivity index (χ1) is 12.0. The van der Waals surface area contributed by atoms with Crippen LogP contribution in [0.3, 0.4) is 0 Å². The summed E-state index contributed by atoms with van der Waals surface area (Å²) in [5.74, 6) is 0.689. The highest BCUT2D eigenvalue weighted by molar-refractivity contribution is 7.94. The average Bonchev–Trinajstić information content (AvgIpc) is 3.17. The largest absolute Gasteiger partial charge is 0.489 e. The second kappa shape index (κ2) is 5.78. The van der Waals surface area contributed by atoms with Crippen molar-refractivity contribution >= 4 is 21.6 Å². The number of nitrogens with two attached hydrogens (primary N) is 1. The van der Waals surface area contributed by atoms with E-state index in [-0.39, 0.29) is 0 Å². The topological polar surface area (TPSA) is 95.4 Å². The third-order valence-electron chi connectivity index (χ3n) is 3.94. The molecule has 1 aliphatic heterocycles. The SMILES string of the molecule is Nc1conc1-c1ccc(OCc2ccc3c(c2)C=CS3(=O)=O)cc1. The lowest BCUT2D eigenvalue weighted by molar-refractivity contribution is 0.306. The van der Waals surface area contributed by atoms with Crippen molar-refractivity contribution in [1.82, 2.24) is 5.16 Å². The molecular weight excluding hydrogens is 340 g/mol. The number of nitrogens with zero attached hydrogens (tertiary/aromatic N) is 1. The molecule has 1 aromatic heterocycles. The first-order valence-electron chi connectivity index (χ1n) is 7.52. The number of aromatic nitrogens is 1. The molecule has 4 rings (SSSR count). The van der Waals surface area contributed by atoms with Gasteiger partial charge in [-0.25, -0.2) is 8.42 Å². The minimum absolute atomic E-state index is 0.339. The maximum absolute atomic E-state index is 11.8. The van der Waals surface area contributed by atoms with Gasteiger partial charge in [-0.2, -0.15) is 0 Å². The number of fused-ring (bicyclic) bond motifs is 1. The van der Waals surface area contributed by atoms with Crippen molar-refractivity contribution in [2.75, 3.05) is 5.73 Å². The molecule has 0 unspecified atom stereocenters. The van der Waals surface area contributed by atoms with Crippen LogP contribution in [0, 0.1) is 0 Å². The Bertz CT molecular complexity index is 1070. The number of hydrogen-bond donors (Lipinski definition) is 1. The van der Waals surface area contributed by atoms with Gasteiger partial charge in [0.15, 0.2) is 9.84 Å². The summed E-state index contributed by atoms with van der Waals surface area (Å²) >= 11 is 0. The molecule has 0 amide bonds. The monoisotopic (exact) mass is 354 g/mol. The lowest BCUT2D eigenvalue weighted by Crippen LogP contribution is -1.98. The van der Waals surface area contributed by atoms with Crippen molar-refractivity contribution in [2.24, 2.45) is 0 Å². The third kappa shape index (κ3) is 2.89. The Kier molecular flexibility index (Phi) is 3.58. The molecule has 0 spiro atoms. The molecule has 2 aromatic carbocycles. The number of rotatable bonds is 4. The van der Waals surface area contributed by atoms with Crippen LogP contribution in [-0.2, 0) is 16.4 Å². The summed E-state index contributed by atoms with van der Waals surface area (Å²) in [6, 6.07) is 12.5. The Hall–Kier alpha value is -3.06. The maximum Gasteiger partial charge on any atom is 0.200 e. The van der Waals surface area contributed by atoms with Crippen LogP contribution in [0.1, 0.15) is 11.1 Å². The van der Waals surface area contributed by atoms with E-state index in [0.717, 1.165) is 11.1 Å². The third-order valence-corrected chi connectivity index (χ3v) is 5.42. The normalized spacial score (nSPS) is 14.4. The van der Waals surface area contributed by atoms with E-state index < -0.39 is 9.84 Å². The van der Waals surface area contributed by atoms with Gasteiger partial charge in [0, 0.05) is 11.0 Å². The molecule has 1 aliphatic rings. The van der Waals surface area contributed by atoms with E-state index in [2.05, 4.69) is 5.16 Å². The van der Waals surface area contributed by atoms with Crippen LogP contribution < -0.4 is 10.5 Å². The summed E-state index contributed by atoms with van der Waals surface area (Å²) in [6.07, 6.45) is 2.99. The van der Waals surface area contributed by atoms with E-state index in [1.807, 2.05) is 30.3 Å². The molecule has 0 radical (unpaired) electrons. The fourth-order valence-electron chi connectivity index (χ4n) is 2.65. The fraction of sp³-hybridized carbons (Fsp3) is 0.0556. The van der Waals surface area contributed by atoms with Crippen LogP contribution in [0.4, 0.5) is 5.69 Å². The second-order valence-corrected chi connectivity index (χ2v) is 7.45. The Morgan fingerprint density at radius 2 is 1.92 bits per heavy atom. The molecule has 2 N–H and O–H groups in total. The molecule has 6 nitrogen and oxygen atoms in total. The number of ether oxygens (including phenoxy) is 1. The number of anilines is 1. The second-order valence-electron chi connectivity index (χ2n) is 5.65. The van der Waals surface area contributed by atoms with Gasteiger partial charge in [-0.1, -0.05) is 11.2 Å². The number of hydrogen-bond acceptors (Lipinski definition) is 6. The Balaban J connectivity index is 1.47. The van der Waals surface area contributed by atoms with Crippen molar-refractivity contribution in [3.05, 3.63) is 65.3 Å². The quantitative estimate of drug-likeness (QED) is 0.772. The molecule has 0 bridgehead atoms. The van der Waals surface area contributed by atoms with E-state index in [4.69, 9.17) is 15.0 Å². The predicted octanol–water partition coefficient (Wildman–Crippen LogP) is 3.26. The van der Waals surface area contributed by atoms with Crippen LogP contribution in [0.25, 0.3) is 17.3 Å². The predicted molar refractivity (Wildman–Crippen MR) is 93.3 cm³/mol. The van der Waals surface area contributed by atoms with Gasteiger partial charge in [-0.15, -0.1) is 0 Å². The minimum atomic E-state index is -3.26. The minimum Gasteiger partial charge on any atom is -0.489 e. The molecule has 25 heavy (non-hydrogen) atoms. The highest BCUT2D eigenvalue weighted by Gasteiger charge is 2.20. The van der Waals surface area contributed by atoms with Gasteiger partial charge < -0.3 is 15.0 Å². The smallest absolute Gasteiger partial charge is 0.200 e. The van der Waals surface area contributed by atoms with Gasteiger partial charge in [0.25, 0.3) is 0 Å². The van der Waals surface area contributed by atoms with Crippen LogP contribution in [-0.4, -0.2) is 13.6 Å². The van der Waals surface area contributed by atoms with Crippen molar-refractivity contribution in [2.45, 2.75) is 11.5 Å². The summed E-state index contributed by atoms with van der Waals surface area (Å²) in [4.78, 5) is 0.339. The molecule has 126 valence electrons. The zero-order valence-corrected chi connectivity index (χ0v) is 13.9. The van der Waals surface area contributed by atoms with Gasteiger partial charge >= 0.3 is 0 Å². The van der Waals surface area contributed by atoms with E-state index in [0.29, 0.717) is 34.2 Å². The van der Waals surface area contributed by atoms with Crippen molar-refractivity contribution in [3.63, 3.8) is 0 Å². The molecule has 0 saturated heterocycles. The first kappa shape index (κ1) is 15.5. The fourth-order valence-corrected chi connectivity index (χ4v) is 3.84. The van der Waals surface area contributed by atoms with E-state index in [9.17, 15) is 8.42 Å². The molecule has 7 heteroatoms. The molecule has 0 aliphatic carbocycles. The van der Waals surface area contributed by atoms with Gasteiger partial charge in [0.05, 0.1) is 4.90 Å². The molecule has 0 atom stereocenters. The molecule has 0 fully saturated rings. The molecule has 2 heterocycles. The van der Waals surface area contributed by atoms with Gasteiger partial charge in [0.1, 0.15) is 30.0 Å². The van der Waals surface area contributed by atoms with Crippen molar-refractivity contribution in [3.8, 4) is 17.0 Å². The number of sulfone groups is 1.